The highest BCUT2D eigenvalue weighted by atomic mass is 32.1. The van der Waals surface area contributed by atoms with E-state index in [1.807, 2.05) is 0 Å². The molecule has 1 aromatic rings. The molecular formula is C16H25F3N4S. The molecule has 8 heteroatoms. The zero-order chi connectivity index (χ0) is 17.6. The van der Waals surface area contributed by atoms with E-state index in [9.17, 15) is 13.2 Å². The minimum atomic E-state index is -4.36. The van der Waals surface area contributed by atoms with E-state index < -0.39 is 11.9 Å². The molecule has 0 atom stereocenters. The Balaban J connectivity index is 1.73. The number of nitrogens with zero attached hydrogens (tertiary/aromatic N) is 2. The van der Waals surface area contributed by atoms with Crippen molar-refractivity contribution in [3.63, 3.8) is 0 Å². The topological polar surface area (TPSA) is 49.3 Å². The van der Waals surface area contributed by atoms with Crippen LogP contribution in [-0.2, 0) is 12.6 Å². The SMILES string of the molecule is CCC1CCC(NC(=NC)NCCc2nc(C(F)(F)F)cs2)CC1. The van der Waals surface area contributed by atoms with Crippen LogP contribution >= 0.6 is 11.3 Å². The zero-order valence-electron chi connectivity index (χ0n) is 14.1. The third-order valence-corrected chi connectivity index (χ3v) is 5.37. The van der Waals surface area contributed by atoms with Gasteiger partial charge in [-0.15, -0.1) is 11.3 Å². The van der Waals surface area contributed by atoms with Crippen LogP contribution in [0.25, 0.3) is 0 Å². The van der Waals surface area contributed by atoms with Crippen molar-refractivity contribution < 1.29 is 13.2 Å². The lowest BCUT2D eigenvalue weighted by atomic mass is 9.84. The largest absolute Gasteiger partial charge is 0.434 e. The molecule has 4 nitrogen and oxygen atoms in total. The number of aliphatic imine (C=N–C) groups is 1. The van der Waals surface area contributed by atoms with Crippen molar-refractivity contribution in [1.29, 1.82) is 0 Å². The van der Waals surface area contributed by atoms with Crippen molar-refractivity contribution in [3.05, 3.63) is 16.1 Å². The van der Waals surface area contributed by atoms with Crippen LogP contribution in [0.4, 0.5) is 13.2 Å². The van der Waals surface area contributed by atoms with Gasteiger partial charge in [0.1, 0.15) is 0 Å². The summed E-state index contributed by atoms with van der Waals surface area (Å²) >= 11 is 1.04. The van der Waals surface area contributed by atoms with Crippen molar-refractivity contribution >= 4 is 17.3 Å². The van der Waals surface area contributed by atoms with Crippen molar-refractivity contribution in [2.45, 2.75) is 57.7 Å². The summed E-state index contributed by atoms with van der Waals surface area (Å²) in [6.45, 7) is 2.75. The van der Waals surface area contributed by atoms with Crippen LogP contribution in [0.2, 0.25) is 0 Å². The third kappa shape index (κ3) is 5.65. The molecule has 0 spiro atoms. The Labute approximate surface area is 145 Å². The summed E-state index contributed by atoms with van der Waals surface area (Å²) in [6, 6.07) is 0.427. The second kappa shape index (κ2) is 8.69. The predicted molar refractivity (Wildman–Crippen MR) is 91.4 cm³/mol. The molecule has 2 N–H and O–H groups in total. The van der Waals surface area contributed by atoms with Crippen molar-refractivity contribution in [2.75, 3.05) is 13.6 Å². The molecule has 1 heterocycles. The first-order valence-electron chi connectivity index (χ1n) is 8.41. The first-order valence-corrected chi connectivity index (χ1v) is 9.29. The van der Waals surface area contributed by atoms with Crippen molar-refractivity contribution in [2.24, 2.45) is 10.9 Å². The normalized spacial score (nSPS) is 22.5. The van der Waals surface area contributed by atoms with Crippen LogP contribution in [0.1, 0.15) is 49.7 Å². The standard InChI is InChI=1S/C16H25F3N4S/c1-3-11-4-6-12(7-5-11)22-15(20-2)21-9-8-14-23-13(10-24-14)16(17,18)19/h10-12H,3-9H2,1-2H3,(H2,20,21,22). The number of thiazole rings is 1. The van der Waals surface area contributed by atoms with Crippen LogP contribution < -0.4 is 10.6 Å². The van der Waals surface area contributed by atoms with Gasteiger partial charge >= 0.3 is 6.18 Å². The lowest BCUT2D eigenvalue weighted by molar-refractivity contribution is -0.140. The number of halogens is 3. The van der Waals surface area contributed by atoms with Gasteiger partial charge in [-0.05, 0) is 31.6 Å². The maximum atomic E-state index is 12.5. The fourth-order valence-electron chi connectivity index (χ4n) is 2.95. The van der Waals surface area contributed by atoms with Gasteiger partial charge in [0.05, 0.1) is 5.01 Å². The Morgan fingerprint density at radius 3 is 2.58 bits per heavy atom. The monoisotopic (exact) mass is 362 g/mol. The molecule has 0 unspecified atom stereocenters. The number of alkyl halides is 3. The summed E-state index contributed by atoms with van der Waals surface area (Å²) in [5, 5.41) is 8.11. The number of aromatic nitrogens is 1. The molecule has 0 aromatic carbocycles. The van der Waals surface area contributed by atoms with Crippen LogP contribution in [0.3, 0.4) is 0 Å². The van der Waals surface area contributed by atoms with E-state index in [2.05, 4.69) is 27.5 Å². The average Bonchev–Trinajstić information content (AvgIpc) is 3.04. The lowest BCUT2D eigenvalue weighted by Crippen LogP contribution is -2.45. The van der Waals surface area contributed by atoms with E-state index in [1.54, 1.807) is 7.05 Å². The highest BCUT2D eigenvalue weighted by Crippen LogP contribution is 2.30. The summed E-state index contributed by atoms with van der Waals surface area (Å²) in [6.07, 6.45) is 2.09. The zero-order valence-corrected chi connectivity index (χ0v) is 14.9. The van der Waals surface area contributed by atoms with Gasteiger partial charge in [0.15, 0.2) is 11.7 Å². The van der Waals surface area contributed by atoms with Crippen molar-refractivity contribution in [1.82, 2.24) is 15.6 Å². The average molecular weight is 362 g/mol. The molecule has 1 saturated carbocycles. The molecule has 0 aliphatic heterocycles. The Bertz CT molecular complexity index is 534. The first-order chi connectivity index (χ1) is 11.4. The second-order valence-corrected chi connectivity index (χ2v) is 7.09. The Hall–Kier alpha value is -1.31. The Morgan fingerprint density at radius 1 is 1.33 bits per heavy atom. The van der Waals surface area contributed by atoms with Gasteiger partial charge in [0, 0.05) is 31.4 Å². The maximum Gasteiger partial charge on any atom is 0.434 e. The Morgan fingerprint density at radius 2 is 2.04 bits per heavy atom. The first kappa shape index (κ1) is 19.0. The number of hydrogen-bond acceptors (Lipinski definition) is 3. The molecule has 1 aromatic heterocycles. The summed E-state index contributed by atoms with van der Waals surface area (Å²) in [4.78, 5) is 7.83. The minimum Gasteiger partial charge on any atom is -0.356 e. The number of nitrogens with one attached hydrogen (secondary N) is 2. The van der Waals surface area contributed by atoms with E-state index in [4.69, 9.17) is 0 Å². The molecular weight excluding hydrogens is 337 g/mol. The number of hydrogen-bond donors (Lipinski definition) is 2. The molecule has 0 bridgehead atoms. The van der Waals surface area contributed by atoms with Gasteiger partial charge in [-0.1, -0.05) is 13.3 Å². The Kier molecular flexibility index (Phi) is 6.89. The molecule has 1 fully saturated rings. The summed E-state index contributed by atoms with van der Waals surface area (Å²) in [5.41, 5.74) is -0.808. The lowest BCUT2D eigenvalue weighted by Gasteiger charge is -2.29. The quantitative estimate of drug-likeness (QED) is 0.618. The third-order valence-electron chi connectivity index (χ3n) is 4.46. The van der Waals surface area contributed by atoms with E-state index in [-0.39, 0.29) is 0 Å². The van der Waals surface area contributed by atoms with Crippen LogP contribution in [0.5, 0.6) is 0 Å². The van der Waals surface area contributed by atoms with Crippen molar-refractivity contribution in [3.8, 4) is 0 Å². The summed E-state index contributed by atoms with van der Waals surface area (Å²) in [5.74, 6) is 1.55. The molecule has 2 rings (SSSR count). The molecule has 0 saturated heterocycles. The molecule has 1 aliphatic carbocycles. The van der Waals surface area contributed by atoms with Gasteiger partial charge < -0.3 is 10.6 Å². The minimum absolute atomic E-state index is 0.427. The van der Waals surface area contributed by atoms with Gasteiger partial charge in [-0.25, -0.2) is 4.98 Å². The van der Waals surface area contributed by atoms with Gasteiger partial charge in [-0.3, -0.25) is 4.99 Å². The molecule has 24 heavy (non-hydrogen) atoms. The van der Waals surface area contributed by atoms with E-state index >= 15 is 0 Å². The van der Waals surface area contributed by atoms with E-state index in [0.29, 0.717) is 30.0 Å². The van der Waals surface area contributed by atoms with Gasteiger partial charge in [0.2, 0.25) is 0 Å². The van der Waals surface area contributed by atoms with E-state index in [0.717, 1.165) is 35.5 Å². The highest BCUT2D eigenvalue weighted by Gasteiger charge is 2.33. The van der Waals surface area contributed by atoms with E-state index in [1.165, 1.54) is 19.3 Å². The summed E-state index contributed by atoms with van der Waals surface area (Å²) < 4.78 is 37.6. The molecule has 136 valence electrons. The predicted octanol–water partition coefficient (Wildman–Crippen LogP) is 3.84. The molecule has 0 radical (unpaired) electrons. The summed E-state index contributed by atoms with van der Waals surface area (Å²) in [7, 11) is 1.71. The number of rotatable bonds is 5. The fraction of sp³-hybridized carbons (Fsp3) is 0.750. The smallest absolute Gasteiger partial charge is 0.356 e. The number of guanidine groups is 1. The van der Waals surface area contributed by atoms with Crippen LogP contribution in [0, 0.1) is 5.92 Å². The van der Waals surface area contributed by atoms with Crippen LogP contribution in [-0.4, -0.2) is 30.6 Å². The van der Waals surface area contributed by atoms with Gasteiger partial charge in [0.25, 0.3) is 0 Å². The van der Waals surface area contributed by atoms with Gasteiger partial charge in [-0.2, -0.15) is 13.2 Å². The molecule has 0 amide bonds. The van der Waals surface area contributed by atoms with Crippen LogP contribution in [0.15, 0.2) is 10.4 Å². The second-order valence-electron chi connectivity index (χ2n) is 6.14. The fourth-order valence-corrected chi connectivity index (χ4v) is 3.75. The molecule has 1 aliphatic rings. The highest BCUT2D eigenvalue weighted by molar-refractivity contribution is 7.09. The maximum absolute atomic E-state index is 12.5.